The molecule has 0 unspecified atom stereocenters. The molecular weight excluding hydrogens is 152 g/mol. The second kappa shape index (κ2) is 4.39. The van der Waals surface area contributed by atoms with Crippen LogP contribution in [0, 0.1) is 11.8 Å². The summed E-state index contributed by atoms with van der Waals surface area (Å²) in [7, 11) is 0. The van der Waals surface area contributed by atoms with Gasteiger partial charge in [-0.15, -0.1) is 12.4 Å². The van der Waals surface area contributed by atoms with Gasteiger partial charge in [-0.25, -0.2) is 0 Å². The van der Waals surface area contributed by atoms with Crippen LogP contribution in [-0.2, 0) is 0 Å². The Morgan fingerprint density at radius 1 is 1.60 bits per heavy atom. The van der Waals surface area contributed by atoms with E-state index in [1.807, 2.05) is 0 Å². The van der Waals surface area contributed by atoms with Crippen molar-refractivity contribution in [2.75, 3.05) is 13.1 Å². The summed E-state index contributed by atoms with van der Waals surface area (Å²) in [6.45, 7) is 1.38. The maximum Gasteiger partial charge on any atom is 0.0289 e. The number of hydrogen-bond acceptors (Lipinski definition) is 2. The lowest BCUT2D eigenvalue weighted by Gasteiger charge is -1.86. The van der Waals surface area contributed by atoms with Crippen LogP contribution in [0.15, 0.2) is 5.11 Å². The zero-order chi connectivity index (χ0) is 6.69. The minimum absolute atomic E-state index is 0. The zero-order valence-corrected chi connectivity index (χ0v) is 6.42. The van der Waals surface area contributed by atoms with E-state index in [-0.39, 0.29) is 12.4 Å². The fraction of sp³-hybridized carbons (Fsp3) is 1.00. The van der Waals surface area contributed by atoms with Crippen molar-refractivity contribution in [3.05, 3.63) is 10.4 Å². The van der Waals surface area contributed by atoms with E-state index >= 15 is 0 Å². The van der Waals surface area contributed by atoms with Gasteiger partial charge in [0.15, 0.2) is 0 Å². The highest BCUT2D eigenvalue weighted by atomic mass is 35.5. The van der Waals surface area contributed by atoms with Gasteiger partial charge in [0, 0.05) is 11.5 Å². The molecule has 0 bridgehead atoms. The number of halogens is 1. The van der Waals surface area contributed by atoms with Crippen molar-refractivity contribution in [2.45, 2.75) is 6.42 Å². The maximum atomic E-state index is 7.93. The van der Waals surface area contributed by atoms with E-state index in [1.165, 1.54) is 0 Å². The molecule has 10 heavy (non-hydrogen) atoms. The molecule has 0 heterocycles. The van der Waals surface area contributed by atoms with Gasteiger partial charge in [0.2, 0.25) is 0 Å². The molecule has 0 radical (unpaired) electrons. The second-order valence-corrected chi connectivity index (χ2v) is 2.41. The van der Waals surface area contributed by atoms with Crippen LogP contribution >= 0.6 is 12.4 Å². The molecular formula is C5H11ClN4. The summed E-state index contributed by atoms with van der Waals surface area (Å²) in [5.41, 5.74) is 13.3. The van der Waals surface area contributed by atoms with Crippen LogP contribution in [-0.4, -0.2) is 13.1 Å². The molecule has 0 spiro atoms. The normalized spacial score (nSPS) is 28.1. The van der Waals surface area contributed by atoms with Gasteiger partial charge in [-0.1, -0.05) is 5.11 Å². The van der Waals surface area contributed by atoms with Crippen LogP contribution in [0.4, 0.5) is 0 Å². The first-order valence-electron chi connectivity index (χ1n) is 3.09. The van der Waals surface area contributed by atoms with Crippen LogP contribution < -0.4 is 5.73 Å². The van der Waals surface area contributed by atoms with Crippen LogP contribution in [0.1, 0.15) is 6.42 Å². The van der Waals surface area contributed by atoms with Crippen LogP contribution in [0.5, 0.6) is 0 Å². The molecule has 2 atom stereocenters. The van der Waals surface area contributed by atoms with Crippen molar-refractivity contribution in [3.63, 3.8) is 0 Å². The summed E-state index contributed by atoms with van der Waals surface area (Å²) < 4.78 is 0. The third kappa shape index (κ3) is 2.43. The number of hydrogen-bond donors (Lipinski definition) is 1. The zero-order valence-electron chi connectivity index (χ0n) is 5.60. The van der Waals surface area contributed by atoms with Crippen molar-refractivity contribution in [1.29, 1.82) is 0 Å². The van der Waals surface area contributed by atoms with Crippen LogP contribution in [0.3, 0.4) is 0 Å². The molecule has 0 saturated heterocycles. The molecule has 2 N–H and O–H groups in total. The highest BCUT2D eigenvalue weighted by molar-refractivity contribution is 5.85. The molecule has 4 nitrogen and oxygen atoms in total. The van der Waals surface area contributed by atoms with E-state index in [2.05, 4.69) is 10.0 Å². The van der Waals surface area contributed by atoms with E-state index in [1.54, 1.807) is 0 Å². The Labute approximate surface area is 65.8 Å². The molecule has 5 heteroatoms. The molecule has 0 aromatic rings. The van der Waals surface area contributed by atoms with Crippen molar-refractivity contribution < 1.29 is 0 Å². The first kappa shape index (κ1) is 9.56. The standard InChI is InChI=1S/C5H10N4.ClH/c6-2-4-1-5(4)3-8-9-7;/h4-5H,1-3,6H2;1H/t4-,5+;/m0./s1. The molecule has 1 aliphatic rings. The molecule has 0 amide bonds. The molecule has 58 valence electrons. The smallest absolute Gasteiger partial charge is 0.0289 e. The van der Waals surface area contributed by atoms with E-state index in [0.717, 1.165) is 13.0 Å². The average Bonchev–Trinajstić information content (AvgIpc) is 2.62. The number of nitrogens with two attached hydrogens (primary N) is 1. The van der Waals surface area contributed by atoms with Gasteiger partial charge in [-0.05, 0) is 30.3 Å². The van der Waals surface area contributed by atoms with Gasteiger partial charge in [-0.2, -0.15) is 0 Å². The Kier molecular flexibility index (Phi) is 4.19. The molecule has 0 aliphatic heterocycles. The molecule has 0 aromatic carbocycles. The number of nitrogens with zero attached hydrogens (tertiary/aromatic N) is 3. The Bertz CT molecular complexity index is 143. The van der Waals surface area contributed by atoms with Gasteiger partial charge >= 0.3 is 0 Å². The lowest BCUT2D eigenvalue weighted by Crippen LogP contribution is -2.03. The predicted molar refractivity (Wildman–Crippen MR) is 41.9 cm³/mol. The van der Waals surface area contributed by atoms with E-state index in [4.69, 9.17) is 11.3 Å². The molecule has 1 saturated carbocycles. The summed E-state index contributed by atoms with van der Waals surface area (Å²) in [6.07, 6.45) is 1.15. The minimum atomic E-state index is 0. The largest absolute Gasteiger partial charge is 0.330 e. The Balaban J connectivity index is 0.000000810. The summed E-state index contributed by atoms with van der Waals surface area (Å²) in [5.74, 6) is 1.22. The van der Waals surface area contributed by atoms with E-state index in [9.17, 15) is 0 Å². The lowest BCUT2D eigenvalue weighted by atomic mass is 10.3. The fourth-order valence-corrected chi connectivity index (χ4v) is 0.964. The monoisotopic (exact) mass is 162 g/mol. The predicted octanol–water partition coefficient (Wildman–Crippen LogP) is 1.31. The Morgan fingerprint density at radius 3 is 2.70 bits per heavy atom. The summed E-state index contributed by atoms with van der Waals surface area (Å²) in [4.78, 5) is 2.67. The summed E-state index contributed by atoms with van der Waals surface area (Å²) in [6, 6.07) is 0. The molecule has 1 aliphatic carbocycles. The number of azide groups is 1. The third-order valence-corrected chi connectivity index (χ3v) is 1.75. The number of rotatable bonds is 3. The Hall–Kier alpha value is -0.440. The van der Waals surface area contributed by atoms with Gasteiger partial charge in [-0.3, -0.25) is 0 Å². The SMILES string of the molecule is Cl.[N-]=[N+]=NC[C@H]1C[C@H]1CN. The first-order chi connectivity index (χ1) is 4.38. The quantitative estimate of drug-likeness (QED) is 0.379. The fourth-order valence-electron chi connectivity index (χ4n) is 0.964. The van der Waals surface area contributed by atoms with Crippen LogP contribution in [0.25, 0.3) is 10.4 Å². The van der Waals surface area contributed by atoms with Gasteiger partial charge in [0.05, 0.1) is 0 Å². The first-order valence-corrected chi connectivity index (χ1v) is 3.09. The van der Waals surface area contributed by atoms with E-state index in [0.29, 0.717) is 18.4 Å². The Morgan fingerprint density at radius 2 is 2.30 bits per heavy atom. The summed E-state index contributed by atoms with van der Waals surface area (Å²) in [5, 5.41) is 3.46. The van der Waals surface area contributed by atoms with Gasteiger partial charge in [0.25, 0.3) is 0 Å². The van der Waals surface area contributed by atoms with Crippen molar-refractivity contribution >= 4 is 12.4 Å². The highest BCUT2D eigenvalue weighted by Crippen LogP contribution is 2.37. The van der Waals surface area contributed by atoms with Crippen LogP contribution in [0.2, 0.25) is 0 Å². The van der Waals surface area contributed by atoms with Gasteiger partial charge < -0.3 is 5.73 Å². The third-order valence-electron chi connectivity index (χ3n) is 1.75. The minimum Gasteiger partial charge on any atom is -0.330 e. The second-order valence-electron chi connectivity index (χ2n) is 2.41. The van der Waals surface area contributed by atoms with Crippen molar-refractivity contribution in [1.82, 2.24) is 0 Å². The molecule has 0 aromatic heterocycles. The summed E-state index contributed by atoms with van der Waals surface area (Å²) >= 11 is 0. The highest BCUT2D eigenvalue weighted by Gasteiger charge is 2.34. The van der Waals surface area contributed by atoms with E-state index < -0.39 is 0 Å². The van der Waals surface area contributed by atoms with Crippen molar-refractivity contribution in [2.24, 2.45) is 22.7 Å². The molecule has 1 fully saturated rings. The lowest BCUT2D eigenvalue weighted by molar-refractivity contribution is 0.713. The topological polar surface area (TPSA) is 74.8 Å². The average molecular weight is 163 g/mol. The maximum absolute atomic E-state index is 7.93. The van der Waals surface area contributed by atoms with Crippen molar-refractivity contribution in [3.8, 4) is 0 Å². The van der Waals surface area contributed by atoms with Gasteiger partial charge in [0.1, 0.15) is 0 Å². The molecule has 1 rings (SSSR count).